The molecule has 0 amide bonds. The van der Waals surface area contributed by atoms with Gasteiger partial charge in [0.2, 0.25) is 10.0 Å². The first kappa shape index (κ1) is 20.1. The Morgan fingerprint density at radius 1 is 1.32 bits per heavy atom. The lowest BCUT2D eigenvalue weighted by Gasteiger charge is -2.29. The molecule has 9 heteroatoms. The Bertz CT molecular complexity index is 858. The van der Waals surface area contributed by atoms with Crippen molar-refractivity contribution >= 4 is 49.8 Å². The molecule has 1 saturated heterocycles. The van der Waals surface area contributed by atoms with Gasteiger partial charge in [-0.3, -0.25) is 0 Å². The van der Waals surface area contributed by atoms with Gasteiger partial charge in [-0.15, -0.1) is 23.7 Å². The highest BCUT2D eigenvalue weighted by Gasteiger charge is 2.28. The first-order valence-electron chi connectivity index (χ1n) is 7.88. The Morgan fingerprint density at radius 2 is 2.00 bits per heavy atom. The molecule has 0 spiro atoms. The van der Waals surface area contributed by atoms with Gasteiger partial charge in [-0.05, 0) is 49.4 Å². The number of rotatable bonds is 4. The number of nitrogens with two attached hydrogens (primary N) is 1. The van der Waals surface area contributed by atoms with Crippen LogP contribution >= 0.6 is 23.7 Å². The monoisotopic (exact) mass is 404 g/mol. The third kappa shape index (κ3) is 4.15. The van der Waals surface area contributed by atoms with Crippen molar-refractivity contribution in [1.29, 1.82) is 0 Å². The number of hydrogen-bond acceptors (Lipinski definition) is 6. The van der Waals surface area contributed by atoms with Crippen LogP contribution in [0.4, 0.5) is 0 Å². The van der Waals surface area contributed by atoms with E-state index in [0.717, 1.165) is 10.1 Å². The second-order valence-electron chi connectivity index (χ2n) is 5.77. The van der Waals surface area contributed by atoms with Gasteiger partial charge in [0.25, 0.3) is 0 Å². The van der Waals surface area contributed by atoms with Crippen LogP contribution in [-0.4, -0.2) is 44.4 Å². The van der Waals surface area contributed by atoms with Gasteiger partial charge in [-0.25, -0.2) is 13.2 Å². The van der Waals surface area contributed by atoms with Crippen molar-refractivity contribution in [1.82, 2.24) is 4.31 Å². The molecule has 0 aliphatic carbocycles. The molecule has 1 aliphatic heterocycles. The third-order valence-electron chi connectivity index (χ3n) is 4.10. The standard InChI is InChI=1S/C16H20N2O4S2.ClH/c1-2-22-16(19)15-10-11-9-13(3-4-14(11)23-15)24(20,21)18-7-5-12(17)6-8-18;/h3-4,9-10,12H,2,5-8,17H2,1H3;1H. The summed E-state index contributed by atoms with van der Waals surface area (Å²) < 4.78 is 32.9. The summed E-state index contributed by atoms with van der Waals surface area (Å²) in [6.45, 7) is 2.95. The number of carbonyl (C=O) groups is 1. The van der Waals surface area contributed by atoms with Crippen molar-refractivity contribution < 1.29 is 17.9 Å². The number of ether oxygens (including phenoxy) is 1. The number of sulfonamides is 1. The quantitative estimate of drug-likeness (QED) is 0.791. The van der Waals surface area contributed by atoms with Crippen molar-refractivity contribution in [3.05, 3.63) is 29.1 Å². The molecular formula is C16H21ClN2O4S2. The molecule has 0 unspecified atom stereocenters. The number of piperidine rings is 1. The molecule has 2 aromatic rings. The lowest BCUT2D eigenvalue weighted by Crippen LogP contribution is -2.42. The number of esters is 1. The van der Waals surface area contributed by atoms with Crippen molar-refractivity contribution in [3.63, 3.8) is 0 Å². The second-order valence-corrected chi connectivity index (χ2v) is 8.79. The predicted octanol–water partition coefficient (Wildman–Crippen LogP) is 2.61. The van der Waals surface area contributed by atoms with Crippen LogP contribution < -0.4 is 5.73 Å². The first-order valence-corrected chi connectivity index (χ1v) is 10.1. The Kier molecular flexibility index (Phi) is 6.45. The zero-order valence-electron chi connectivity index (χ0n) is 13.8. The summed E-state index contributed by atoms with van der Waals surface area (Å²) in [6, 6.07) is 6.72. The van der Waals surface area contributed by atoms with Gasteiger partial charge < -0.3 is 10.5 Å². The summed E-state index contributed by atoms with van der Waals surface area (Å²) in [5, 5.41) is 0.734. The normalized spacial score (nSPS) is 16.6. The Balaban J connectivity index is 0.00000225. The summed E-state index contributed by atoms with van der Waals surface area (Å²) in [5.74, 6) is -0.381. The number of hydrogen-bond donors (Lipinski definition) is 1. The smallest absolute Gasteiger partial charge is 0.348 e. The van der Waals surface area contributed by atoms with Gasteiger partial charge >= 0.3 is 5.97 Å². The summed E-state index contributed by atoms with van der Waals surface area (Å²) in [7, 11) is -3.53. The van der Waals surface area contributed by atoms with E-state index in [9.17, 15) is 13.2 Å². The minimum atomic E-state index is -3.53. The van der Waals surface area contributed by atoms with Gasteiger partial charge in [-0.2, -0.15) is 4.31 Å². The Hall–Kier alpha value is -1.19. The first-order chi connectivity index (χ1) is 11.4. The van der Waals surface area contributed by atoms with Gasteiger partial charge in [0, 0.05) is 23.8 Å². The zero-order chi connectivity index (χ0) is 17.3. The Labute approximate surface area is 157 Å². The highest BCUT2D eigenvalue weighted by molar-refractivity contribution is 7.89. The predicted molar refractivity (Wildman–Crippen MR) is 101 cm³/mol. The number of thiophene rings is 1. The van der Waals surface area contributed by atoms with Gasteiger partial charge in [0.05, 0.1) is 11.5 Å². The second kappa shape index (κ2) is 8.01. The van der Waals surface area contributed by atoms with E-state index in [2.05, 4.69) is 0 Å². The molecule has 0 saturated carbocycles. The van der Waals surface area contributed by atoms with E-state index < -0.39 is 10.0 Å². The van der Waals surface area contributed by atoms with E-state index in [1.807, 2.05) is 0 Å². The molecule has 1 fully saturated rings. The van der Waals surface area contributed by atoms with E-state index in [1.165, 1.54) is 15.6 Å². The molecular weight excluding hydrogens is 384 g/mol. The number of fused-ring (bicyclic) bond motifs is 1. The minimum absolute atomic E-state index is 0. The van der Waals surface area contributed by atoms with Crippen LogP contribution in [0.1, 0.15) is 29.4 Å². The van der Waals surface area contributed by atoms with Crippen LogP contribution in [0.3, 0.4) is 0 Å². The molecule has 0 bridgehead atoms. The van der Waals surface area contributed by atoms with Gasteiger partial charge in [0.1, 0.15) is 4.88 Å². The molecule has 0 radical (unpaired) electrons. The number of carbonyl (C=O) groups excluding carboxylic acids is 1. The van der Waals surface area contributed by atoms with E-state index in [0.29, 0.717) is 37.4 Å². The van der Waals surface area contributed by atoms with Crippen LogP contribution in [0.2, 0.25) is 0 Å². The van der Waals surface area contributed by atoms with E-state index in [1.54, 1.807) is 31.2 Å². The van der Waals surface area contributed by atoms with Crippen molar-refractivity contribution in [2.24, 2.45) is 5.73 Å². The van der Waals surface area contributed by atoms with Gasteiger partial charge in [0.15, 0.2) is 0 Å². The van der Waals surface area contributed by atoms with Crippen LogP contribution in [0, 0.1) is 0 Å². The molecule has 2 heterocycles. The fourth-order valence-corrected chi connectivity index (χ4v) is 5.19. The van der Waals surface area contributed by atoms with Crippen molar-refractivity contribution in [2.45, 2.75) is 30.7 Å². The average molecular weight is 405 g/mol. The fraction of sp³-hybridized carbons (Fsp3) is 0.438. The van der Waals surface area contributed by atoms with E-state index in [-0.39, 0.29) is 29.3 Å². The molecule has 1 aromatic heterocycles. The lowest BCUT2D eigenvalue weighted by molar-refractivity contribution is 0.0532. The van der Waals surface area contributed by atoms with Crippen LogP contribution in [0.5, 0.6) is 0 Å². The molecule has 3 rings (SSSR count). The fourth-order valence-electron chi connectivity index (χ4n) is 2.75. The zero-order valence-corrected chi connectivity index (χ0v) is 16.3. The highest BCUT2D eigenvalue weighted by Crippen LogP contribution is 2.30. The van der Waals surface area contributed by atoms with Crippen LogP contribution in [-0.2, 0) is 14.8 Å². The minimum Gasteiger partial charge on any atom is -0.462 e. The topological polar surface area (TPSA) is 89.7 Å². The molecule has 0 atom stereocenters. The third-order valence-corrected chi connectivity index (χ3v) is 7.09. The van der Waals surface area contributed by atoms with E-state index >= 15 is 0 Å². The Morgan fingerprint density at radius 3 is 2.64 bits per heavy atom. The molecule has 6 nitrogen and oxygen atoms in total. The van der Waals surface area contributed by atoms with Crippen molar-refractivity contribution in [3.8, 4) is 0 Å². The largest absolute Gasteiger partial charge is 0.462 e. The highest BCUT2D eigenvalue weighted by atomic mass is 35.5. The van der Waals surface area contributed by atoms with Crippen LogP contribution in [0.25, 0.3) is 10.1 Å². The average Bonchev–Trinajstić information content (AvgIpc) is 2.98. The molecule has 138 valence electrons. The summed E-state index contributed by atoms with van der Waals surface area (Å²) in [6.07, 6.45) is 1.35. The SMILES string of the molecule is CCOC(=O)c1cc2cc(S(=O)(=O)N3CCC(N)CC3)ccc2s1.Cl. The maximum atomic E-state index is 12.8. The lowest BCUT2D eigenvalue weighted by atomic mass is 10.1. The maximum Gasteiger partial charge on any atom is 0.348 e. The number of halogens is 1. The van der Waals surface area contributed by atoms with E-state index in [4.69, 9.17) is 10.5 Å². The number of benzene rings is 1. The molecule has 25 heavy (non-hydrogen) atoms. The van der Waals surface area contributed by atoms with Crippen LogP contribution in [0.15, 0.2) is 29.2 Å². The summed E-state index contributed by atoms with van der Waals surface area (Å²) in [5.41, 5.74) is 5.85. The summed E-state index contributed by atoms with van der Waals surface area (Å²) in [4.78, 5) is 12.6. The summed E-state index contributed by atoms with van der Waals surface area (Å²) >= 11 is 1.30. The number of nitrogens with zero attached hydrogens (tertiary/aromatic N) is 1. The molecule has 1 aromatic carbocycles. The molecule has 1 aliphatic rings. The van der Waals surface area contributed by atoms with Crippen molar-refractivity contribution in [2.75, 3.05) is 19.7 Å². The maximum absolute atomic E-state index is 12.8. The van der Waals surface area contributed by atoms with Gasteiger partial charge in [-0.1, -0.05) is 0 Å². The molecule has 2 N–H and O–H groups in total.